The van der Waals surface area contributed by atoms with Gasteiger partial charge in [-0.25, -0.2) is 0 Å². The highest BCUT2D eigenvalue weighted by Gasteiger charge is 2.24. The lowest BCUT2D eigenvalue weighted by molar-refractivity contribution is 0.0500. The van der Waals surface area contributed by atoms with Crippen LogP contribution in [-0.2, 0) is 0 Å². The van der Waals surface area contributed by atoms with E-state index < -0.39 is 0 Å². The van der Waals surface area contributed by atoms with E-state index in [1.807, 2.05) is 18.2 Å². The van der Waals surface area contributed by atoms with Crippen molar-refractivity contribution in [3.05, 3.63) is 35.4 Å². The van der Waals surface area contributed by atoms with E-state index in [0.29, 0.717) is 6.04 Å². The van der Waals surface area contributed by atoms with Gasteiger partial charge in [0, 0.05) is 32.2 Å². The number of aliphatic hydroxyl groups excluding tert-OH is 1. The molecule has 1 saturated heterocycles. The van der Waals surface area contributed by atoms with E-state index in [1.54, 1.807) is 0 Å². The molecule has 1 aliphatic heterocycles. The van der Waals surface area contributed by atoms with Gasteiger partial charge in [-0.2, -0.15) is 0 Å². The Morgan fingerprint density at radius 3 is 2.74 bits per heavy atom. The van der Waals surface area contributed by atoms with Gasteiger partial charge in [-0.1, -0.05) is 31.2 Å². The summed E-state index contributed by atoms with van der Waals surface area (Å²) in [6, 6.07) is 8.75. The van der Waals surface area contributed by atoms with E-state index in [0.717, 1.165) is 31.7 Å². The maximum Gasteiger partial charge on any atom is 0.0919 e. The third-order valence-electron chi connectivity index (χ3n) is 4.31. The molecule has 0 aromatic heterocycles. The van der Waals surface area contributed by atoms with Gasteiger partial charge in [0.25, 0.3) is 0 Å². The first kappa shape index (κ1) is 14.5. The van der Waals surface area contributed by atoms with Gasteiger partial charge in [0.1, 0.15) is 0 Å². The number of aryl methyl sites for hydroxylation is 1. The molecule has 0 radical (unpaired) electrons. The third-order valence-corrected chi connectivity index (χ3v) is 4.31. The Balaban J connectivity index is 1.96. The zero-order valence-corrected chi connectivity index (χ0v) is 12.3. The van der Waals surface area contributed by atoms with E-state index >= 15 is 0 Å². The average Bonchev–Trinajstić information content (AvgIpc) is 2.41. The summed E-state index contributed by atoms with van der Waals surface area (Å²) in [5, 5.41) is 10.4. The molecule has 3 heteroatoms. The van der Waals surface area contributed by atoms with Crippen LogP contribution in [0.3, 0.4) is 0 Å². The lowest BCUT2D eigenvalue weighted by Gasteiger charge is -2.40. The van der Waals surface area contributed by atoms with Gasteiger partial charge in [0.05, 0.1) is 6.10 Å². The lowest BCUT2D eigenvalue weighted by Crippen LogP contribution is -2.51. The summed E-state index contributed by atoms with van der Waals surface area (Å²) in [5.74, 6) is 0. The topological polar surface area (TPSA) is 26.7 Å². The molecule has 0 saturated carbocycles. The Morgan fingerprint density at radius 2 is 2.05 bits per heavy atom. The molecule has 1 aromatic carbocycles. The van der Waals surface area contributed by atoms with Crippen molar-refractivity contribution in [1.29, 1.82) is 0 Å². The van der Waals surface area contributed by atoms with Crippen LogP contribution in [0.1, 0.15) is 30.6 Å². The number of aliphatic hydroxyl groups is 1. The molecule has 19 heavy (non-hydrogen) atoms. The molecule has 1 aromatic rings. The molecule has 1 fully saturated rings. The van der Waals surface area contributed by atoms with E-state index in [-0.39, 0.29) is 6.10 Å². The zero-order valence-electron chi connectivity index (χ0n) is 12.3. The summed E-state index contributed by atoms with van der Waals surface area (Å²) in [6.07, 6.45) is 0.801. The molecule has 2 rings (SSSR count). The van der Waals surface area contributed by atoms with Gasteiger partial charge in [-0.15, -0.1) is 0 Å². The molecular formula is C16H26N2O. The highest BCUT2D eigenvalue weighted by atomic mass is 16.3. The molecule has 2 atom stereocenters. The second kappa shape index (κ2) is 6.51. The maximum atomic E-state index is 10.4. The van der Waals surface area contributed by atoms with Crippen molar-refractivity contribution in [3.8, 4) is 0 Å². The van der Waals surface area contributed by atoms with Crippen molar-refractivity contribution >= 4 is 0 Å². The number of nitrogens with zero attached hydrogens (tertiary/aromatic N) is 2. The number of β-amino-alcohol motifs (C(OH)–C–C–N with tert-alkyl or cyclic N) is 1. The molecule has 3 nitrogen and oxygen atoms in total. The molecule has 0 amide bonds. The predicted molar refractivity (Wildman–Crippen MR) is 79.3 cm³/mol. The Morgan fingerprint density at radius 1 is 1.32 bits per heavy atom. The average molecular weight is 262 g/mol. The summed E-state index contributed by atoms with van der Waals surface area (Å²) in [5.41, 5.74) is 2.24. The second-order valence-electron chi connectivity index (χ2n) is 5.67. The van der Waals surface area contributed by atoms with Crippen molar-refractivity contribution in [2.75, 3.05) is 33.2 Å². The Bertz CT molecular complexity index is 407. The molecule has 106 valence electrons. The lowest BCUT2D eigenvalue weighted by atomic mass is 10.0. The van der Waals surface area contributed by atoms with Gasteiger partial charge in [0.15, 0.2) is 0 Å². The van der Waals surface area contributed by atoms with Crippen LogP contribution in [0.15, 0.2) is 24.3 Å². The summed E-state index contributed by atoms with van der Waals surface area (Å²) in [6.45, 7) is 8.26. The maximum absolute atomic E-state index is 10.4. The zero-order chi connectivity index (χ0) is 13.8. The number of benzene rings is 1. The van der Waals surface area contributed by atoms with Crippen molar-refractivity contribution in [2.45, 2.75) is 32.4 Å². The predicted octanol–water partition coefficient (Wildman–Crippen LogP) is 2.05. The normalized spacial score (nSPS) is 23.5. The van der Waals surface area contributed by atoms with E-state index in [2.05, 4.69) is 36.8 Å². The van der Waals surface area contributed by atoms with Crippen molar-refractivity contribution < 1.29 is 5.11 Å². The molecule has 1 N–H and O–H groups in total. The number of rotatable bonds is 4. The van der Waals surface area contributed by atoms with Crippen LogP contribution < -0.4 is 0 Å². The third kappa shape index (κ3) is 3.56. The van der Waals surface area contributed by atoms with Crippen LogP contribution in [-0.4, -0.2) is 54.2 Å². The first-order valence-electron chi connectivity index (χ1n) is 7.28. The quantitative estimate of drug-likeness (QED) is 0.899. The first-order chi connectivity index (χ1) is 9.11. The van der Waals surface area contributed by atoms with Crippen molar-refractivity contribution in [3.63, 3.8) is 0 Å². The highest BCUT2D eigenvalue weighted by Crippen LogP contribution is 2.20. The van der Waals surface area contributed by atoms with Crippen LogP contribution >= 0.6 is 0 Å². The fraction of sp³-hybridized carbons (Fsp3) is 0.625. The smallest absolute Gasteiger partial charge is 0.0919 e. The van der Waals surface area contributed by atoms with E-state index in [4.69, 9.17) is 0 Å². The molecule has 1 aliphatic rings. The summed E-state index contributed by atoms with van der Waals surface area (Å²) < 4.78 is 0. The molecular weight excluding hydrogens is 236 g/mol. The van der Waals surface area contributed by atoms with Crippen LogP contribution in [0, 0.1) is 6.92 Å². The Kier molecular flexibility index (Phi) is 4.97. The van der Waals surface area contributed by atoms with Crippen LogP contribution in [0.25, 0.3) is 0 Å². The van der Waals surface area contributed by atoms with Crippen molar-refractivity contribution in [2.24, 2.45) is 0 Å². The Labute approximate surface area is 116 Å². The number of hydrogen-bond donors (Lipinski definition) is 1. The number of hydrogen-bond acceptors (Lipinski definition) is 3. The van der Waals surface area contributed by atoms with Gasteiger partial charge in [-0.3, -0.25) is 4.90 Å². The molecule has 1 heterocycles. The first-order valence-corrected chi connectivity index (χ1v) is 7.28. The van der Waals surface area contributed by atoms with Crippen molar-refractivity contribution in [1.82, 2.24) is 9.80 Å². The Hall–Kier alpha value is -0.900. The number of piperazine rings is 1. The summed E-state index contributed by atoms with van der Waals surface area (Å²) >= 11 is 0. The molecule has 0 aliphatic carbocycles. The molecule has 0 spiro atoms. The monoisotopic (exact) mass is 262 g/mol. The van der Waals surface area contributed by atoms with Crippen LogP contribution in [0.2, 0.25) is 0 Å². The highest BCUT2D eigenvalue weighted by molar-refractivity contribution is 5.27. The van der Waals surface area contributed by atoms with Gasteiger partial charge < -0.3 is 10.0 Å². The second-order valence-corrected chi connectivity index (χ2v) is 5.67. The minimum atomic E-state index is -0.373. The van der Waals surface area contributed by atoms with Gasteiger partial charge >= 0.3 is 0 Å². The van der Waals surface area contributed by atoms with Crippen LogP contribution in [0.4, 0.5) is 0 Å². The molecule has 2 unspecified atom stereocenters. The molecule has 0 bridgehead atoms. The van der Waals surface area contributed by atoms with E-state index in [9.17, 15) is 5.11 Å². The van der Waals surface area contributed by atoms with Crippen LogP contribution in [0.5, 0.6) is 0 Å². The number of likely N-dealkylation sites (N-methyl/N-ethyl adjacent to an activating group) is 1. The van der Waals surface area contributed by atoms with Gasteiger partial charge in [-0.05, 0) is 31.5 Å². The minimum absolute atomic E-state index is 0.373. The fourth-order valence-electron chi connectivity index (χ4n) is 2.92. The standard InChI is InChI=1S/C16H26N2O/c1-4-14-11-18(10-9-17(14)3)12-16(19)15-8-6-5-7-13(15)2/h5-8,14,16,19H,4,9-12H2,1-3H3. The fourth-order valence-corrected chi connectivity index (χ4v) is 2.92. The summed E-state index contributed by atoms with van der Waals surface area (Å²) in [4.78, 5) is 4.82. The largest absolute Gasteiger partial charge is 0.387 e. The minimum Gasteiger partial charge on any atom is -0.387 e. The van der Waals surface area contributed by atoms with Gasteiger partial charge in [0.2, 0.25) is 0 Å². The summed E-state index contributed by atoms with van der Waals surface area (Å²) in [7, 11) is 2.20. The SMILES string of the molecule is CCC1CN(CC(O)c2ccccc2C)CCN1C. The van der Waals surface area contributed by atoms with E-state index in [1.165, 1.54) is 12.0 Å².